The number of amides is 2. The number of nitrogens with zero attached hydrogens (tertiary/aromatic N) is 2. The van der Waals surface area contributed by atoms with Crippen molar-refractivity contribution in [2.75, 3.05) is 13.1 Å². The van der Waals surface area contributed by atoms with Gasteiger partial charge in [-0.3, -0.25) is 24.8 Å². The molecule has 2 saturated heterocycles. The van der Waals surface area contributed by atoms with Crippen molar-refractivity contribution in [3.05, 3.63) is 71.2 Å². The molecule has 7 nitrogen and oxygen atoms in total. The highest BCUT2D eigenvalue weighted by Crippen LogP contribution is 2.48. The van der Waals surface area contributed by atoms with E-state index < -0.39 is 35.3 Å². The molecule has 206 valence electrons. The SMILES string of the molecule is CC1(C)CN(Cc2ccc(OC(F)F)cc2)CC[C@@]1(O)c1ccc2ncc(C3CCC(=O)NC3=O)cc2c1F. The molecule has 0 aliphatic carbocycles. The molecule has 3 heterocycles. The van der Waals surface area contributed by atoms with Gasteiger partial charge >= 0.3 is 6.61 Å². The van der Waals surface area contributed by atoms with Crippen LogP contribution in [0, 0.1) is 11.2 Å². The molecule has 2 aromatic carbocycles. The third-order valence-corrected chi connectivity index (χ3v) is 7.99. The van der Waals surface area contributed by atoms with Crippen molar-refractivity contribution in [2.24, 2.45) is 5.41 Å². The largest absolute Gasteiger partial charge is 0.435 e. The van der Waals surface area contributed by atoms with Crippen LogP contribution in [-0.2, 0) is 21.7 Å². The first-order chi connectivity index (χ1) is 18.5. The Kier molecular flexibility index (Phi) is 7.11. The van der Waals surface area contributed by atoms with Crippen molar-refractivity contribution in [3.63, 3.8) is 0 Å². The van der Waals surface area contributed by atoms with E-state index in [4.69, 9.17) is 0 Å². The Morgan fingerprint density at radius 3 is 2.59 bits per heavy atom. The fourth-order valence-electron chi connectivity index (χ4n) is 5.80. The van der Waals surface area contributed by atoms with Gasteiger partial charge in [-0.05, 0) is 48.2 Å². The Bertz CT molecular complexity index is 1410. The molecular formula is C29H30F3N3O4. The number of imide groups is 1. The number of carbonyl (C=O) groups excluding carboxylic acids is 2. The zero-order chi connectivity index (χ0) is 27.9. The topological polar surface area (TPSA) is 91.8 Å². The number of likely N-dealkylation sites (tertiary alicyclic amines) is 1. The molecule has 2 amide bonds. The van der Waals surface area contributed by atoms with Gasteiger partial charge in [-0.25, -0.2) is 4.39 Å². The number of alkyl halides is 2. The van der Waals surface area contributed by atoms with Gasteiger partial charge < -0.3 is 9.84 Å². The van der Waals surface area contributed by atoms with Crippen molar-refractivity contribution < 1.29 is 32.6 Å². The quantitative estimate of drug-likeness (QED) is 0.443. The summed E-state index contributed by atoms with van der Waals surface area (Å²) in [4.78, 5) is 30.4. The van der Waals surface area contributed by atoms with Crippen LogP contribution in [0.4, 0.5) is 13.2 Å². The molecule has 5 rings (SSSR count). The Balaban J connectivity index is 1.38. The number of aromatic nitrogens is 1. The van der Waals surface area contributed by atoms with Gasteiger partial charge in [-0.1, -0.05) is 32.0 Å². The van der Waals surface area contributed by atoms with Crippen LogP contribution >= 0.6 is 0 Å². The minimum absolute atomic E-state index is 0.0872. The van der Waals surface area contributed by atoms with E-state index >= 15 is 4.39 Å². The van der Waals surface area contributed by atoms with Crippen LogP contribution in [0.2, 0.25) is 0 Å². The summed E-state index contributed by atoms with van der Waals surface area (Å²) in [5.74, 6) is -1.84. The zero-order valence-electron chi connectivity index (χ0n) is 21.7. The molecular weight excluding hydrogens is 511 g/mol. The molecule has 2 N–H and O–H groups in total. The average molecular weight is 542 g/mol. The molecule has 10 heteroatoms. The second-order valence-electron chi connectivity index (χ2n) is 11.0. The maximum absolute atomic E-state index is 16.1. The second kappa shape index (κ2) is 10.2. The number of rotatable bonds is 6. The Morgan fingerprint density at radius 1 is 1.18 bits per heavy atom. The standard InChI is InChI=1S/C29H30F3N3O4/c1-28(2)16-35(15-17-3-5-19(6-4-17)39-27(31)32)12-11-29(28,38)22-8-9-23-21(25(22)30)13-18(14-33-23)20-7-10-24(36)34-26(20)37/h3-6,8-9,13-14,20,27,38H,7,10-12,15-16H2,1-2H3,(H,34,36,37)/t20?,29-/m1/s1. The van der Waals surface area contributed by atoms with Gasteiger partial charge in [0, 0.05) is 48.6 Å². The summed E-state index contributed by atoms with van der Waals surface area (Å²) < 4.78 is 45.4. The predicted molar refractivity (Wildman–Crippen MR) is 137 cm³/mol. The molecule has 3 aromatic rings. The third kappa shape index (κ3) is 5.23. The maximum Gasteiger partial charge on any atom is 0.387 e. The van der Waals surface area contributed by atoms with Crippen LogP contribution in [0.5, 0.6) is 5.75 Å². The third-order valence-electron chi connectivity index (χ3n) is 7.99. The molecule has 2 atom stereocenters. The first-order valence-electron chi connectivity index (χ1n) is 12.9. The van der Waals surface area contributed by atoms with Gasteiger partial charge in [0.1, 0.15) is 11.6 Å². The highest BCUT2D eigenvalue weighted by Gasteiger charge is 2.50. The molecule has 1 aromatic heterocycles. The molecule has 2 fully saturated rings. The Morgan fingerprint density at radius 2 is 1.92 bits per heavy atom. The number of hydrogen-bond acceptors (Lipinski definition) is 6. The minimum Gasteiger partial charge on any atom is -0.435 e. The average Bonchev–Trinajstić information content (AvgIpc) is 2.87. The van der Waals surface area contributed by atoms with Gasteiger partial charge in [0.2, 0.25) is 11.8 Å². The van der Waals surface area contributed by atoms with Crippen molar-refractivity contribution in [3.8, 4) is 5.75 Å². The van der Waals surface area contributed by atoms with E-state index in [1.165, 1.54) is 18.3 Å². The van der Waals surface area contributed by atoms with Crippen LogP contribution < -0.4 is 10.1 Å². The van der Waals surface area contributed by atoms with Crippen LogP contribution in [0.1, 0.15) is 55.7 Å². The molecule has 2 aliphatic heterocycles. The molecule has 39 heavy (non-hydrogen) atoms. The summed E-state index contributed by atoms with van der Waals surface area (Å²) in [5, 5.41) is 14.5. The van der Waals surface area contributed by atoms with E-state index in [1.807, 2.05) is 13.8 Å². The van der Waals surface area contributed by atoms with Crippen molar-refractivity contribution >= 4 is 22.7 Å². The monoisotopic (exact) mass is 541 g/mol. The fourth-order valence-corrected chi connectivity index (χ4v) is 5.80. The van der Waals surface area contributed by atoms with Crippen LogP contribution in [0.3, 0.4) is 0 Å². The van der Waals surface area contributed by atoms with Gasteiger partial charge in [0.25, 0.3) is 0 Å². The first-order valence-corrected chi connectivity index (χ1v) is 12.9. The number of piperidine rings is 2. The number of ether oxygens (including phenoxy) is 1. The summed E-state index contributed by atoms with van der Waals surface area (Å²) >= 11 is 0. The second-order valence-corrected chi connectivity index (χ2v) is 11.0. The lowest BCUT2D eigenvalue weighted by Gasteiger charge is -2.50. The lowest BCUT2D eigenvalue weighted by Crippen LogP contribution is -2.55. The van der Waals surface area contributed by atoms with E-state index in [-0.39, 0.29) is 35.4 Å². The number of nitrogens with one attached hydrogen (secondary N) is 1. The maximum atomic E-state index is 16.1. The molecule has 1 unspecified atom stereocenters. The summed E-state index contributed by atoms with van der Waals surface area (Å²) in [6.07, 6.45) is 2.34. The number of aliphatic hydroxyl groups is 1. The van der Waals surface area contributed by atoms with Gasteiger partial charge in [0.05, 0.1) is 17.0 Å². The first kappa shape index (κ1) is 27.1. The van der Waals surface area contributed by atoms with E-state index in [2.05, 4.69) is 19.9 Å². The summed E-state index contributed by atoms with van der Waals surface area (Å²) in [5.41, 5.74) is -0.203. The van der Waals surface area contributed by atoms with Crippen LogP contribution in [-0.4, -0.2) is 46.5 Å². The Hall–Kier alpha value is -3.50. The Labute approximate surface area is 224 Å². The smallest absolute Gasteiger partial charge is 0.387 e. The van der Waals surface area contributed by atoms with Gasteiger partial charge in [0.15, 0.2) is 0 Å². The molecule has 2 aliphatic rings. The van der Waals surface area contributed by atoms with Crippen molar-refractivity contribution in [1.82, 2.24) is 15.2 Å². The van der Waals surface area contributed by atoms with E-state index in [0.717, 1.165) is 5.56 Å². The normalized spacial score (nSPS) is 23.7. The predicted octanol–water partition coefficient (Wildman–Crippen LogP) is 4.62. The van der Waals surface area contributed by atoms with Crippen molar-refractivity contribution in [1.29, 1.82) is 0 Å². The fraction of sp³-hybridized carbons (Fsp3) is 0.414. The van der Waals surface area contributed by atoms with E-state index in [0.29, 0.717) is 37.1 Å². The van der Waals surface area contributed by atoms with Crippen LogP contribution in [0.25, 0.3) is 10.9 Å². The zero-order valence-corrected chi connectivity index (χ0v) is 21.7. The minimum atomic E-state index is -2.88. The number of fused-ring (bicyclic) bond motifs is 1. The lowest BCUT2D eigenvalue weighted by atomic mass is 9.66. The van der Waals surface area contributed by atoms with E-state index in [9.17, 15) is 23.5 Å². The van der Waals surface area contributed by atoms with Gasteiger partial charge in [-0.2, -0.15) is 8.78 Å². The van der Waals surface area contributed by atoms with E-state index in [1.54, 1.807) is 30.3 Å². The van der Waals surface area contributed by atoms with Crippen LogP contribution in [0.15, 0.2) is 48.7 Å². The number of pyridine rings is 1. The van der Waals surface area contributed by atoms with Gasteiger partial charge in [-0.15, -0.1) is 0 Å². The number of halogens is 3. The number of carbonyl (C=O) groups is 2. The highest BCUT2D eigenvalue weighted by atomic mass is 19.3. The molecule has 0 saturated carbocycles. The summed E-state index contributed by atoms with van der Waals surface area (Å²) in [7, 11) is 0. The molecule has 0 radical (unpaired) electrons. The molecule has 0 spiro atoms. The lowest BCUT2D eigenvalue weighted by molar-refractivity contribution is -0.134. The number of hydrogen-bond donors (Lipinski definition) is 2. The summed E-state index contributed by atoms with van der Waals surface area (Å²) in [6.45, 7) is 2.38. The molecule has 0 bridgehead atoms. The number of benzene rings is 2. The van der Waals surface area contributed by atoms with Crippen molar-refractivity contribution in [2.45, 2.75) is 57.8 Å². The highest BCUT2D eigenvalue weighted by molar-refractivity contribution is 6.01. The summed E-state index contributed by atoms with van der Waals surface area (Å²) in [6, 6.07) is 11.3.